The van der Waals surface area contributed by atoms with Crippen LogP contribution in [-0.2, 0) is 30.4 Å². The molecule has 0 saturated heterocycles. The third-order valence-electron chi connectivity index (χ3n) is 11.1. The number of nitrogen functional groups attached to an aromatic ring is 2. The number of benzene rings is 6. The van der Waals surface area contributed by atoms with Crippen molar-refractivity contribution in [2.45, 2.75) is 4.90 Å². The average Bonchev–Trinajstić information content (AvgIpc) is 3.38. The zero-order chi connectivity index (χ0) is 55.2. The van der Waals surface area contributed by atoms with Crippen LogP contribution in [0.3, 0.4) is 0 Å². The van der Waals surface area contributed by atoms with E-state index in [9.17, 15) is 48.5 Å². The Morgan fingerprint density at radius 1 is 0.475 bits per heavy atom. The van der Waals surface area contributed by atoms with Crippen molar-refractivity contribution in [1.82, 2.24) is 0 Å². The Balaban J connectivity index is 0.00000392. The van der Waals surface area contributed by atoms with Crippen LogP contribution in [0.15, 0.2) is 161 Å². The maximum Gasteiger partial charge on any atom is 1.00 e. The first-order chi connectivity index (χ1) is 36.6. The molecule has 0 aliphatic heterocycles. The molecule has 2 aliphatic rings. The number of rotatable bonds is 19. The van der Waals surface area contributed by atoms with Crippen LogP contribution in [0.5, 0.6) is 0 Å². The number of hydrogen-bond acceptors (Lipinski definition) is 26. The molecular formula is C48H40N13Na3O13S3. The summed E-state index contributed by atoms with van der Waals surface area (Å²) in [6.07, 6.45) is 1.92. The molecule has 0 fully saturated rings. The normalized spacial score (nSPS) is 14.3. The molecule has 0 saturated carbocycles. The number of Topliss-reactive ketones (excluding diaryl/α,β-unsaturated/α-hetero) is 2. The molecule has 80 heavy (non-hydrogen) atoms. The van der Waals surface area contributed by atoms with Gasteiger partial charge < -0.3 is 51.3 Å². The molecule has 6 aromatic rings. The van der Waals surface area contributed by atoms with Crippen LogP contribution < -0.4 is 127 Å². The van der Waals surface area contributed by atoms with Gasteiger partial charge in [0.15, 0.2) is 0 Å². The van der Waals surface area contributed by atoms with E-state index in [1.807, 2.05) is 0 Å². The summed E-state index contributed by atoms with van der Waals surface area (Å²) in [4.78, 5) is 24.8. The Labute approximate surface area is 523 Å². The molecule has 2 aliphatic carbocycles. The summed E-state index contributed by atoms with van der Waals surface area (Å²) in [5, 5.41) is 51.1. The van der Waals surface area contributed by atoms with Crippen LogP contribution in [0.1, 0.15) is 31.8 Å². The van der Waals surface area contributed by atoms with Gasteiger partial charge in [-0.25, -0.2) is 25.3 Å². The SMILES string of the molecule is Nc1cc(NCCO)ccc1N=Nc1ccc2c(c1)C(=O)/C(=N/Nc1ccc(Nc3ccc(N/N=C4/C(=O)c5cc(N=Nc6ccc(NCCO)cc6N)ccc5C=C4S(=O)(=O)[O-])cc3S(=O)(=O)[O-])cc1)C(S(=O)(=O)[O-])=C2.[Na+].[Na+].[Na+]. The van der Waals surface area contributed by atoms with Crippen LogP contribution in [0, 0.1) is 0 Å². The summed E-state index contributed by atoms with van der Waals surface area (Å²) in [7, 11) is -15.9. The van der Waals surface area contributed by atoms with Gasteiger partial charge in [-0.05, 0) is 126 Å². The topological polar surface area (TPSA) is 433 Å². The van der Waals surface area contributed by atoms with Crippen LogP contribution in [0.2, 0.25) is 0 Å². The number of anilines is 8. The molecule has 0 radical (unpaired) electrons. The van der Waals surface area contributed by atoms with Crippen molar-refractivity contribution in [3.63, 3.8) is 0 Å². The van der Waals surface area contributed by atoms with Crippen molar-refractivity contribution < 1.29 is 147 Å². The van der Waals surface area contributed by atoms with Gasteiger partial charge in [-0.3, -0.25) is 20.4 Å². The Morgan fingerprint density at radius 2 is 0.887 bits per heavy atom. The van der Waals surface area contributed by atoms with E-state index < -0.39 is 68.0 Å². The number of nitrogens with one attached hydrogen (secondary N) is 5. The van der Waals surface area contributed by atoms with Crippen LogP contribution in [-0.4, -0.2) is 98.4 Å². The number of hydrogen-bond donors (Lipinski definition) is 9. The first kappa shape index (κ1) is 64.7. The van der Waals surface area contributed by atoms with Gasteiger partial charge in [-0.1, -0.05) is 12.1 Å². The van der Waals surface area contributed by atoms with Crippen molar-refractivity contribution in [3.05, 3.63) is 147 Å². The zero-order valence-electron chi connectivity index (χ0n) is 42.4. The van der Waals surface area contributed by atoms with Gasteiger partial charge in [0.1, 0.15) is 53.2 Å². The van der Waals surface area contributed by atoms with Gasteiger partial charge in [0, 0.05) is 41.3 Å². The smallest absolute Gasteiger partial charge is 0.744 e. The summed E-state index contributed by atoms with van der Waals surface area (Å²) in [5.74, 6) is -1.97. The summed E-state index contributed by atoms with van der Waals surface area (Å²) in [6.45, 7) is 0.394. The third-order valence-corrected chi connectivity index (χ3v) is 13.6. The number of ketones is 2. The van der Waals surface area contributed by atoms with Gasteiger partial charge in [-0.2, -0.15) is 20.4 Å². The number of aliphatic hydroxyl groups is 2. The number of allylic oxidation sites excluding steroid dienone is 2. The molecule has 396 valence electrons. The molecule has 32 heteroatoms. The molecule has 0 amide bonds. The van der Waals surface area contributed by atoms with Crippen LogP contribution >= 0.6 is 0 Å². The van der Waals surface area contributed by atoms with Crippen molar-refractivity contribution in [2.75, 3.05) is 64.6 Å². The number of nitrogens with zero attached hydrogens (tertiary/aromatic N) is 6. The molecular weight excluding hydrogens is 1130 g/mol. The summed E-state index contributed by atoms with van der Waals surface area (Å²) >= 11 is 0. The largest absolute Gasteiger partial charge is 1.00 e. The minimum Gasteiger partial charge on any atom is -0.744 e. The van der Waals surface area contributed by atoms with Gasteiger partial charge in [0.05, 0.1) is 67.7 Å². The molecule has 0 aromatic heterocycles. The molecule has 6 aromatic carbocycles. The molecule has 26 nitrogen and oxygen atoms in total. The van der Waals surface area contributed by atoms with Crippen LogP contribution in [0.25, 0.3) is 12.2 Å². The van der Waals surface area contributed by atoms with E-state index in [0.717, 1.165) is 24.3 Å². The van der Waals surface area contributed by atoms with Crippen molar-refractivity contribution in [2.24, 2.45) is 30.7 Å². The summed E-state index contributed by atoms with van der Waals surface area (Å²) in [6, 6.07) is 26.5. The fourth-order valence-corrected chi connectivity index (χ4v) is 9.36. The minimum absolute atomic E-state index is 0. The quantitative estimate of drug-likeness (QED) is 0.0130. The van der Waals surface area contributed by atoms with Gasteiger partial charge in [0.2, 0.25) is 11.6 Å². The number of carbonyl (C=O) groups excluding carboxylic acids is 2. The van der Waals surface area contributed by atoms with Gasteiger partial charge in [0.25, 0.3) is 0 Å². The average molecular weight is 1170 g/mol. The number of hydrazone groups is 2. The van der Waals surface area contributed by atoms with E-state index >= 15 is 0 Å². The second-order valence-electron chi connectivity index (χ2n) is 16.4. The van der Waals surface area contributed by atoms with E-state index in [-0.39, 0.29) is 182 Å². The fourth-order valence-electron chi connectivity index (χ4n) is 7.41. The Kier molecular flexibility index (Phi) is 22.3. The molecule has 0 unspecified atom stereocenters. The number of azo groups is 2. The second-order valence-corrected chi connectivity index (χ2v) is 20.4. The number of nitrogens with two attached hydrogens (primary N) is 2. The molecule has 0 spiro atoms. The van der Waals surface area contributed by atoms with E-state index in [1.165, 1.54) is 66.7 Å². The predicted molar refractivity (Wildman–Crippen MR) is 284 cm³/mol. The molecule has 0 heterocycles. The molecule has 8 rings (SSSR count). The minimum atomic E-state index is -5.34. The number of fused-ring (bicyclic) bond motifs is 2. The van der Waals surface area contributed by atoms with Crippen molar-refractivity contribution in [3.8, 4) is 0 Å². The Hall–Kier alpha value is -6.07. The zero-order valence-corrected chi connectivity index (χ0v) is 50.9. The van der Waals surface area contributed by atoms with E-state index in [1.54, 1.807) is 36.4 Å². The molecule has 11 N–H and O–H groups in total. The fraction of sp³-hybridized carbons (Fsp3) is 0.0833. The molecule has 0 bridgehead atoms. The monoisotopic (exact) mass is 1170 g/mol. The molecule has 0 atom stereocenters. The van der Waals surface area contributed by atoms with Gasteiger partial charge in [-0.15, -0.1) is 10.2 Å². The van der Waals surface area contributed by atoms with Gasteiger partial charge >= 0.3 is 88.7 Å². The van der Waals surface area contributed by atoms with E-state index in [0.29, 0.717) is 23.6 Å². The van der Waals surface area contributed by atoms with E-state index in [2.05, 4.69) is 57.5 Å². The Bertz CT molecular complexity index is 3940. The van der Waals surface area contributed by atoms with Crippen LogP contribution in [0.4, 0.5) is 68.2 Å². The van der Waals surface area contributed by atoms with E-state index in [4.69, 9.17) is 21.7 Å². The number of carbonyl (C=O) groups is 2. The Morgan fingerprint density at radius 3 is 1.30 bits per heavy atom. The predicted octanol–water partition coefficient (Wildman–Crippen LogP) is -2.75. The van der Waals surface area contributed by atoms with Crippen molar-refractivity contribution >= 4 is 134 Å². The standard InChI is InChI=1S/C48H43N13O13S3.3Na/c49-37-23-30(51-15-17-62)9-12-39(37)58-55-32-3-1-26-19-43(76(69,70)71)45(47(64)35(26)21-32)60-54-29-7-5-28(6-8-29)53-41-14-11-34(25-42(41)75(66,67)68)57-61-46-44(77(72,73)74)20-27-2-4-33(22-36(27)48(46)65)56-59-40-13-10-31(24-38(40)50)52-16-18-63;;;/h1-14,19-25,51-54,57,62-63H,15-18,49-50H2,(H,66,67,68)(H,69,70,71)(H,72,73,74);;;/q;3*+1/p-3/b58-55?,59-56?,60-45+,61-46+;;;. The maximum absolute atomic E-state index is 13.8. The number of aliphatic hydroxyl groups excluding tert-OH is 2. The summed E-state index contributed by atoms with van der Waals surface area (Å²) in [5.41, 5.74) is 17.9. The second kappa shape index (κ2) is 27.6. The maximum atomic E-state index is 13.8. The summed E-state index contributed by atoms with van der Waals surface area (Å²) < 4.78 is 112. The van der Waals surface area contributed by atoms with Crippen molar-refractivity contribution in [1.29, 1.82) is 0 Å². The third kappa shape index (κ3) is 15.9. The first-order valence-corrected chi connectivity index (χ1v) is 26.5. The first-order valence-electron chi connectivity index (χ1n) is 22.3.